The first-order chi connectivity index (χ1) is 12.7. The summed E-state index contributed by atoms with van der Waals surface area (Å²) in [5.74, 6) is 4.49. The summed E-state index contributed by atoms with van der Waals surface area (Å²) in [6, 6.07) is 0. The molecule has 0 fully saturated rings. The highest BCUT2D eigenvalue weighted by molar-refractivity contribution is 7.99. The van der Waals surface area contributed by atoms with Crippen LogP contribution in [-0.4, -0.2) is 112 Å². The molecule has 0 atom stereocenters. The van der Waals surface area contributed by atoms with E-state index in [-0.39, 0.29) is 0 Å². The fourth-order valence-electron chi connectivity index (χ4n) is 2.09. The van der Waals surface area contributed by atoms with Gasteiger partial charge in [0.05, 0.1) is 39.6 Å². The summed E-state index contributed by atoms with van der Waals surface area (Å²) in [4.78, 5) is 4.78. The molecule has 0 amide bonds. The van der Waals surface area contributed by atoms with Gasteiger partial charge in [-0.3, -0.25) is 0 Å². The molecule has 0 aliphatic carbocycles. The van der Waals surface area contributed by atoms with E-state index in [1.807, 2.05) is 23.5 Å². The summed E-state index contributed by atoms with van der Waals surface area (Å²) in [5, 5.41) is 0. The van der Waals surface area contributed by atoms with E-state index in [1.165, 1.54) is 18.1 Å². The van der Waals surface area contributed by atoms with Crippen LogP contribution in [0.1, 0.15) is 20.8 Å². The second-order valence-corrected chi connectivity index (χ2v) is 8.43. The summed E-state index contributed by atoms with van der Waals surface area (Å²) in [6.45, 7) is 16.6. The van der Waals surface area contributed by atoms with Gasteiger partial charge in [-0.25, -0.2) is 0 Å². The highest BCUT2D eigenvalue weighted by atomic mass is 32.2. The van der Waals surface area contributed by atoms with Crippen molar-refractivity contribution in [3.8, 4) is 0 Å². The normalized spacial score (nSPS) is 11.8. The second-order valence-electron chi connectivity index (χ2n) is 5.98. The molecule has 0 spiro atoms. The predicted molar refractivity (Wildman–Crippen MR) is 118 cm³/mol. The van der Waals surface area contributed by atoms with E-state index in [4.69, 9.17) is 14.2 Å². The van der Waals surface area contributed by atoms with Crippen LogP contribution in [0.5, 0.6) is 0 Å². The summed E-state index contributed by atoms with van der Waals surface area (Å²) in [7, 11) is 2.16. The van der Waals surface area contributed by atoms with Crippen molar-refractivity contribution in [3.05, 3.63) is 0 Å². The quantitative estimate of drug-likeness (QED) is 0.269. The van der Waals surface area contributed by atoms with Crippen LogP contribution in [0.2, 0.25) is 0 Å². The highest BCUT2D eigenvalue weighted by Gasteiger charge is 1.98. The molecule has 0 aliphatic rings. The van der Waals surface area contributed by atoms with Gasteiger partial charge < -0.3 is 24.0 Å². The van der Waals surface area contributed by atoms with Gasteiger partial charge in [-0.15, -0.1) is 0 Å². The van der Waals surface area contributed by atoms with E-state index in [9.17, 15) is 0 Å². The Morgan fingerprint density at radius 1 is 0.577 bits per heavy atom. The minimum atomic E-state index is 0.658. The Morgan fingerprint density at radius 2 is 1.04 bits per heavy atom. The van der Waals surface area contributed by atoms with E-state index >= 15 is 0 Å². The van der Waals surface area contributed by atoms with E-state index < -0.39 is 0 Å². The van der Waals surface area contributed by atoms with Crippen molar-refractivity contribution in [1.82, 2.24) is 9.80 Å². The van der Waals surface area contributed by atoms with Gasteiger partial charge >= 0.3 is 0 Å². The van der Waals surface area contributed by atoms with Gasteiger partial charge in [-0.1, -0.05) is 20.8 Å². The lowest BCUT2D eigenvalue weighted by molar-refractivity contribution is 0.0205. The zero-order valence-corrected chi connectivity index (χ0v) is 19.2. The molecule has 0 N–H and O–H groups in total. The molecule has 0 heterocycles. The Bertz CT molecular complexity index is 273. The lowest BCUT2D eigenvalue weighted by atomic mass is 10.5. The van der Waals surface area contributed by atoms with Crippen LogP contribution in [0.25, 0.3) is 0 Å². The zero-order valence-electron chi connectivity index (χ0n) is 17.5. The van der Waals surface area contributed by atoms with Crippen molar-refractivity contribution in [2.45, 2.75) is 20.8 Å². The maximum absolute atomic E-state index is 5.59. The van der Waals surface area contributed by atoms with Gasteiger partial charge in [-0.2, -0.15) is 23.5 Å². The van der Waals surface area contributed by atoms with Gasteiger partial charge in [0, 0.05) is 36.1 Å². The minimum Gasteiger partial charge on any atom is -0.378 e. The SMILES string of the molecule is CCN(C)CCSCCOCCOCCOCCSCCN(CC)CC. The zero-order chi connectivity index (χ0) is 19.3. The topological polar surface area (TPSA) is 34.2 Å². The van der Waals surface area contributed by atoms with E-state index in [0.717, 1.165) is 50.9 Å². The van der Waals surface area contributed by atoms with Crippen LogP contribution in [0.4, 0.5) is 0 Å². The molecule has 0 radical (unpaired) electrons. The summed E-state index contributed by atoms with van der Waals surface area (Å²) in [5.41, 5.74) is 0. The molecule has 26 heavy (non-hydrogen) atoms. The van der Waals surface area contributed by atoms with Crippen LogP contribution in [-0.2, 0) is 14.2 Å². The minimum absolute atomic E-state index is 0.658. The van der Waals surface area contributed by atoms with Crippen molar-refractivity contribution < 1.29 is 14.2 Å². The number of rotatable bonds is 21. The number of nitrogens with zero attached hydrogens (tertiary/aromatic N) is 2. The van der Waals surface area contributed by atoms with Crippen molar-refractivity contribution in [2.24, 2.45) is 0 Å². The maximum Gasteiger partial charge on any atom is 0.0701 e. The third kappa shape index (κ3) is 19.3. The molecule has 7 heteroatoms. The number of hydrogen-bond donors (Lipinski definition) is 0. The average molecular weight is 411 g/mol. The lowest BCUT2D eigenvalue weighted by Gasteiger charge is -2.17. The standard InChI is InChI=1S/C19H42N2O3S2/c1-5-20(4)8-16-25-18-14-23-12-10-22-11-13-24-15-19-26-17-9-21(6-2)7-3/h5-19H2,1-4H3. The number of hydrogen-bond acceptors (Lipinski definition) is 7. The second kappa shape index (κ2) is 21.8. The molecular weight excluding hydrogens is 368 g/mol. The van der Waals surface area contributed by atoms with Crippen LogP contribution < -0.4 is 0 Å². The van der Waals surface area contributed by atoms with Crippen molar-refractivity contribution in [2.75, 3.05) is 102 Å². The summed E-state index contributed by atoms with van der Waals surface area (Å²) >= 11 is 3.92. The number of ether oxygens (including phenoxy) is 3. The number of thioether (sulfide) groups is 2. The van der Waals surface area contributed by atoms with Crippen LogP contribution >= 0.6 is 23.5 Å². The fraction of sp³-hybridized carbons (Fsp3) is 1.00. The Labute approximate surface area is 170 Å². The fourth-order valence-corrected chi connectivity index (χ4v) is 3.80. The van der Waals surface area contributed by atoms with E-state index in [0.29, 0.717) is 26.4 Å². The first-order valence-electron chi connectivity index (χ1n) is 10.0. The maximum atomic E-state index is 5.59. The molecule has 0 aliphatic heterocycles. The van der Waals surface area contributed by atoms with Gasteiger partial charge in [0.15, 0.2) is 0 Å². The summed E-state index contributed by atoms with van der Waals surface area (Å²) < 4.78 is 16.7. The van der Waals surface area contributed by atoms with E-state index in [1.54, 1.807) is 0 Å². The van der Waals surface area contributed by atoms with Crippen LogP contribution in [0.3, 0.4) is 0 Å². The summed E-state index contributed by atoms with van der Waals surface area (Å²) in [6.07, 6.45) is 0. The molecule has 0 aromatic heterocycles. The van der Waals surface area contributed by atoms with E-state index in [2.05, 4.69) is 37.6 Å². The molecule has 0 bridgehead atoms. The van der Waals surface area contributed by atoms with Crippen molar-refractivity contribution in [3.63, 3.8) is 0 Å². The third-order valence-corrected chi connectivity index (χ3v) is 5.94. The van der Waals surface area contributed by atoms with Gasteiger partial charge in [0.25, 0.3) is 0 Å². The Morgan fingerprint density at radius 3 is 1.50 bits per heavy atom. The van der Waals surface area contributed by atoms with Crippen molar-refractivity contribution in [1.29, 1.82) is 0 Å². The predicted octanol–water partition coefficient (Wildman–Crippen LogP) is 2.80. The smallest absolute Gasteiger partial charge is 0.0701 e. The molecule has 5 nitrogen and oxygen atoms in total. The Kier molecular flexibility index (Phi) is 22.2. The molecule has 0 saturated heterocycles. The first-order valence-corrected chi connectivity index (χ1v) is 12.3. The molecule has 158 valence electrons. The monoisotopic (exact) mass is 410 g/mol. The van der Waals surface area contributed by atoms with Gasteiger partial charge in [0.2, 0.25) is 0 Å². The first kappa shape index (κ1) is 26.5. The molecule has 0 rings (SSSR count). The lowest BCUT2D eigenvalue weighted by Crippen LogP contribution is -2.25. The van der Waals surface area contributed by atoms with Crippen LogP contribution in [0.15, 0.2) is 0 Å². The average Bonchev–Trinajstić information content (AvgIpc) is 2.67. The molecule has 0 aromatic rings. The highest BCUT2D eigenvalue weighted by Crippen LogP contribution is 2.01. The molecule has 0 saturated carbocycles. The third-order valence-electron chi connectivity index (χ3n) is 4.09. The molecule has 0 unspecified atom stereocenters. The molecular formula is C19H42N2O3S2. The Hall–Kier alpha value is 0.500. The molecule has 0 aromatic carbocycles. The van der Waals surface area contributed by atoms with Crippen LogP contribution in [0, 0.1) is 0 Å². The largest absolute Gasteiger partial charge is 0.378 e. The Balaban J connectivity index is 3.07. The van der Waals surface area contributed by atoms with Crippen molar-refractivity contribution >= 4 is 23.5 Å². The van der Waals surface area contributed by atoms with Gasteiger partial charge in [0.1, 0.15) is 0 Å². The van der Waals surface area contributed by atoms with Gasteiger partial charge in [-0.05, 0) is 26.7 Å².